The zero-order chi connectivity index (χ0) is 14.1. The Hall–Kier alpha value is -1.32. The second kappa shape index (κ2) is 5.58. The standard InChI is InChI=1S/C16H20ClN3/c1-10-15(11-4-2-6-13(17)8-11)20-16(19-10)12-5-3-7-14(18)9-12/h2,4,6,8,12,14H,3,5,7,9,18H2,1H3,(H,19,20). The summed E-state index contributed by atoms with van der Waals surface area (Å²) in [5.41, 5.74) is 9.25. The molecule has 2 atom stereocenters. The van der Waals surface area contributed by atoms with Crippen molar-refractivity contribution in [2.75, 3.05) is 0 Å². The average Bonchev–Trinajstić information content (AvgIpc) is 2.81. The van der Waals surface area contributed by atoms with Crippen LogP contribution < -0.4 is 5.73 Å². The molecule has 0 bridgehead atoms. The number of aromatic amines is 1. The van der Waals surface area contributed by atoms with E-state index in [2.05, 4.69) is 11.9 Å². The summed E-state index contributed by atoms with van der Waals surface area (Å²) in [6.07, 6.45) is 4.53. The molecule has 0 saturated heterocycles. The van der Waals surface area contributed by atoms with Crippen LogP contribution in [0.1, 0.15) is 43.1 Å². The number of aryl methyl sites for hydroxylation is 1. The fourth-order valence-corrected chi connectivity index (χ4v) is 3.26. The molecule has 2 aromatic rings. The molecule has 1 aromatic carbocycles. The Morgan fingerprint density at radius 2 is 2.20 bits per heavy atom. The summed E-state index contributed by atoms with van der Waals surface area (Å²) in [6, 6.07) is 8.16. The van der Waals surface area contributed by atoms with Gasteiger partial charge in [0.2, 0.25) is 0 Å². The molecule has 1 aromatic heterocycles. The minimum Gasteiger partial charge on any atom is -0.345 e. The molecule has 0 spiro atoms. The third kappa shape index (κ3) is 2.74. The minimum atomic E-state index is 0.314. The van der Waals surface area contributed by atoms with Crippen molar-refractivity contribution in [3.63, 3.8) is 0 Å². The topological polar surface area (TPSA) is 54.7 Å². The molecule has 3 nitrogen and oxygen atoms in total. The maximum atomic E-state index is 6.08. The lowest BCUT2D eigenvalue weighted by atomic mass is 9.86. The summed E-state index contributed by atoms with van der Waals surface area (Å²) in [5.74, 6) is 1.54. The van der Waals surface area contributed by atoms with Crippen molar-refractivity contribution in [2.45, 2.75) is 44.6 Å². The Kier molecular flexibility index (Phi) is 3.81. The van der Waals surface area contributed by atoms with Crippen molar-refractivity contribution < 1.29 is 0 Å². The quantitative estimate of drug-likeness (QED) is 0.877. The van der Waals surface area contributed by atoms with E-state index in [1.54, 1.807) is 0 Å². The minimum absolute atomic E-state index is 0.314. The van der Waals surface area contributed by atoms with E-state index in [1.807, 2.05) is 24.3 Å². The van der Waals surface area contributed by atoms with Crippen molar-refractivity contribution in [3.05, 3.63) is 40.8 Å². The number of aromatic nitrogens is 2. The van der Waals surface area contributed by atoms with Gasteiger partial charge < -0.3 is 10.7 Å². The van der Waals surface area contributed by atoms with Crippen molar-refractivity contribution in [1.29, 1.82) is 0 Å². The van der Waals surface area contributed by atoms with Gasteiger partial charge in [-0.25, -0.2) is 4.98 Å². The second-order valence-electron chi connectivity index (χ2n) is 5.73. The molecule has 1 saturated carbocycles. The highest BCUT2D eigenvalue weighted by atomic mass is 35.5. The van der Waals surface area contributed by atoms with Gasteiger partial charge in [0.15, 0.2) is 0 Å². The Labute approximate surface area is 124 Å². The Bertz CT molecular complexity index is 606. The molecule has 0 radical (unpaired) electrons. The summed E-state index contributed by atoms with van der Waals surface area (Å²) < 4.78 is 0. The first-order valence-electron chi connectivity index (χ1n) is 7.21. The number of benzene rings is 1. The molecule has 4 heteroatoms. The number of hydrogen-bond acceptors (Lipinski definition) is 2. The maximum Gasteiger partial charge on any atom is 0.110 e. The van der Waals surface area contributed by atoms with E-state index in [0.29, 0.717) is 12.0 Å². The van der Waals surface area contributed by atoms with Gasteiger partial charge in [-0.05, 0) is 38.3 Å². The van der Waals surface area contributed by atoms with E-state index in [1.165, 1.54) is 12.8 Å². The molecule has 1 heterocycles. The van der Waals surface area contributed by atoms with Gasteiger partial charge in [-0.3, -0.25) is 0 Å². The highest BCUT2D eigenvalue weighted by Crippen LogP contribution is 2.33. The van der Waals surface area contributed by atoms with Gasteiger partial charge in [-0.2, -0.15) is 0 Å². The molecule has 20 heavy (non-hydrogen) atoms. The zero-order valence-electron chi connectivity index (χ0n) is 11.7. The van der Waals surface area contributed by atoms with E-state index >= 15 is 0 Å². The van der Waals surface area contributed by atoms with Gasteiger partial charge >= 0.3 is 0 Å². The van der Waals surface area contributed by atoms with E-state index in [9.17, 15) is 0 Å². The SMILES string of the molecule is Cc1[nH]c(C2CCCC(N)C2)nc1-c1cccc(Cl)c1. The van der Waals surface area contributed by atoms with E-state index < -0.39 is 0 Å². The van der Waals surface area contributed by atoms with Crippen LogP contribution >= 0.6 is 11.6 Å². The summed E-state index contributed by atoms with van der Waals surface area (Å²) in [5, 5.41) is 0.742. The molecule has 1 fully saturated rings. The van der Waals surface area contributed by atoms with Crippen LogP contribution in [0.25, 0.3) is 11.3 Å². The highest BCUT2D eigenvalue weighted by Gasteiger charge is 2.24. The number of nitrogens with one attached hydrogen (secondary N) is 1. The highest BCUT2D eigenvalue weighted by molar-refractivity contribution is 6.30. The van der Waals surface area contributed by atoms with Gasteiger partial charge in [0.25, 0.3) is 0 Å². The van der Waals surface area contributed by atoms with Crippen LogP contribution in [0.3, 0.4) is 0 Å². The maximum absolute atomic E-state index is 6.08. The number of imidazole rings is 1. The van der Waals surface area contributed by atoms with E-state index in [0.717, 1.165) is 40.6 Å². The first-order valence-corrected chi connectivity index (χ1v) is 7.59. The molecule has 0 amide bonds. The summed E-state index contributed by atoms with van der Waals surface area (Å²) in [6.45, 7) is 2.06. The first kappa shape index (κ1) is 13.7. The van der Waals surface area contributed by atoms with Crippen LogP contribution in [0.2, 0.25) is 5.02 Å². The predicted octanol–water partition coefficient (Wildman–Crippen LogP) is 4.02. The van der Waals surface area contributed by atoms with Crippen LogP contribution in [-0.2, 0) is 0 Å². The summed E-state index contributed by atoms with van der Waals surface area (Å²) in [4.78, 5) is 8.25. The zero-order valence-corrected chi connectivity index (χ0v) is 12.5. The van der Waals surface area contributed by atoms with E-state index in [-0.39, 0.29) is 0 Å². The van der Waals surface area contributed by atoms with Crippen LogP contribution in [0.15, 0.2) is 24.3 Å². The Morgan fingerprint density at radius 3 is 2.95 bits per heavy atom. The number of hydrogen-bond donors (Lipinski definition) is 2. The van der Waals surface area contributed by atoms with Crippen LogP contribution in [0.5, 0.6) is 0 Å². The Balaban J connectivity index is 1.91. The van der Waals surface area contributed by atoms with Gasteiger partial charge in [0.05, 0.1) is 5.69 Å². The molecule has 1 aliphatic carbocycles. The number of nitrogens with zero attached hydrogens (tertiary/aromatic N) is 1. The predicted molar refractivity (Wildman–Crippen MR) is 83.0 cm³/mol. The molecular weight excluding hydrogens is 270 g/mol. The first-order chi connectivity index (χ1) is 9.63. The monoisotopic (exact) mass is 289 g/mol. The molecule has 2 unspecified atom stereocenters. The summed E-state index contributed by atoms with van der Waals surface area (Å²) in [7, 11) is 0. The third-order valence-electron chi connectivity index (χ3n) is 4.10. The van der Waals surface area contributed by atoms with Crippen LogP contribution in [0, 0.1) is 6.92 Å². The van der Waals surface area contributed by atoms with Crippen molar-refractivity contribution in [1.82, 2.24) is 9.97 Å². The van der Waals surface area contributed by atoms with Gasteiger partial charge in [-0.1, -0.05) is 30.2 Å². The number of rotatable bonds is 2. The number of H-pyrrole nitrogens is 1. The lowest BCUT2D eigenvalue weighted by Gasteiger charge is -2.24. The number of nitrogens with two attached hydrogens (primary N) is 1. The van der Waals surface area contributed by atoms with Gasteiger partial charge in [-0.15, -0.1) is 0 Å². The Morgan fingerprint density at radius 1 is 1.35 bits per heavy atom. The molecule has 1 aliphatic rings. The van der Waals surface area contributed by atoms with Crippen LogP contribution in [-0.4, -0.2) is 16.0 Å². The van der Waals surface area contributed by atoms with Gasteiger partial charge in [0, 0.05) is 28.2 Å². The van der Waals surface area contributed by atoms with Crippen molar-refractivity contribution in [3.8, 4) is 11.3 Å². The molecular formula is C16H20ClN3. The molecule has 106 valence electrons. The van der Waals surface area contributed by atoms with Crippen molar-refractivity contribution >= 4 is 11.6 Å². The van der Waals surface area contributed by atoms with Crippen molar-refractivity contribution in [2.24, 2.45) is 5.73 Å². The number of halogens is 1. The normalized spacial score (nSPS) is 22.9. The average molecular weight is 290 g/mol. The lowest BCUT2D eigenvalue weighted by molar-refractivity contribution is 0.383. The van der Waals surface area contributed by atoms with Crippen LogP contribution in [0.4, 0.5) is 0 Å². The summed E-state index contributed by atoms with van der Waals surface area (Å²) >= 11 is 6.07. The smallest absolute Gasteiger partial charge is 0.110 e. The second-order valence-corrected chi connectivity index (χ2v) is 6.17. The van der Waals surface area contributed by atoms with Gasteiger partial charge in [0.1, 0.15) is 5.82 Å². The third-order valence-corrected chi connectivity index (χ3v) is 4.34. The van der Waals surface area contributed by atoms with E-state index in [4.69, 9.17) is 22.3 Å². The fourth-order valence-electron chi connectivity index (χ4n) is 3.07. The lowest BCUT2D eigenvalue weighted by Crippen LogP contribution is -2.27. The molecule has 3 N–H and O–H groups in total. The molecule has 3 rings (SSSR count). The largest absolute Gasteiger partial charge is 0.345 e. The molecule has 0 aliphatic heterocycles. The fraction of sp³-hybridized carbons (Fsp3) is 0.438.